The SMILES string of the molecule is CC1(C)C(C=CCl)[C@@H]1O. The van der Waals surface area contributed by atoms with Crippen molar-refractivity contribution in [1.82, 2.24) is 0 Å². The number of aliphatic hydroxyl groups excluding tert-OH is 1. The minimum atomic E-state index is -0.188. The average molecular weight is 147 g/mol. The molecule has 2 heteroatoms. The highest BCUT2D eigenvalue weighted by Crippen LogP contribution is 2.52. The van der Waals surface area contributed by atoms with E-state index in [0.717, 1.165) is 0 Å². The Morgan fingerprint density at radius 1 is 1.56 bits per heavy atom. The van der Waals surface area contributed by atoms with E-state index in [1.165, 1.54) is 5.54 Å². The number of aliphatic hydroxyl groups is 1. The van der Waals surface area contributed by atoms with Gasteiger partial charge in [-0.1, -0.05) is 31.5 Å². The first-order valence-corrected chi connectivity index (χ1v) is 3.49. The molecule has 9 heavy (non-hydrogen) atoms. The first kappa shape index (κ1) is 7.10. The van der Waals surface area contributed by atoms with Gasteiger partial charge < -0.3 is 5.11 Å². The predicted molar refractivity (Wildman–Crippen MR) is 38.3 cm³/mol. The molecule has 0 aromatic heterocycles. The first-order chi connectivity index (χ1) is 4.10. The van der Waals surface area contributed by atoms with Crippen molar-refractivity contribution in [3.05, 3.63) is 11.6 Å². The third kappa shape index (κ3) is 0.993. The van der Waals surface area contributed by atoms with E-state index in [2.05, 4.69) is 0 Å². The third-order valence-corrected chi connectivity index (χ3v) is 2.28. The maximum absolute atomic E-state index is 9.18. The molecule has 2 atom stereocenters. The zero-order valence-electron chi connectivity index (χ0n) is 5.63. The van der Waals surface area contributed by atoms with E-state index in [9.17, 15) is 5.11 Å². The molecule has 1 aliphatic rings. The molecular weight excluding hydrogens is 136 g/mol. The van der Waals surface area contributed by atoms with E-state index in [-0.39, 0.29) is 17.4 Å². The van der Waals surface area contributed by atoms with E-state index in [1.807, 2.05) is 19.9 Å². The van der Waals surface area contributed by atoms with Gasteiger partial charge in [0, 0.05) is 16.9 Å². The Hall–Kier alpha value is -0.0100. The molecule has 1 nitrogen and oxygen atoms in total. The molecule has 0 aromatic rings. The van der Waals surface area contributed by atoms with E-state index < -0.39 is 0 Å². The van der Waals surface area contributed by atoms with E-state index in [4.69, 9.17) is 11.6 Å². The molecule has 1 N–H and O–H groups in total. The van der Waals surface area contributed by atoms with Crippen LogP contribution in [0.2, 0.25) is 0 Å². The summed E-state index contributed by atoms with van der Waals surface area (Å²) in [5.74, 6) is 0.273. The number of hydrogen-bond acceptors (Lipinski definition) is 1. The summed E-state index contributed by atoms with van der Waals surface area (Å²) in [6.45, 7) is 4.05. The van der Waals surface area contributed by atoms with Crippen molar-refractivity contribution < 1.29 is 5.11 Å². The molecule has 1 rings (SSSR count). The fourth-order valence-electron chi connectivity index (χ4n) is 1.08. The molecule has 1 fully saturated rings. The van der Waals surface area contributed by atoms with Crippen molar-refractivity contribution >= 4 is 11.6 Å². The van der Waals surface area contributed by atoms with Gasteiger partial charge in [-0.2, -0.15) is 0 Å². The van der Waals surface area contributed by atoms with Crippen molar-refractivity contribution in [3.8, 4) is 0 Å². The van der Waals surface area contributed by atoms with Gasteiger partial charge in [0.15, 0.2) is 0 Å². The summed E-state index contributed by atoms with van der Waals surface area (Å²) in [5, 5.41) is 9.18. The normalized spacial score (nSPS) is 39.6. The second kappa shape index (κ2) is 1.99. The highest BCUT2D eigenvalue weighted by Gasteiger charge is 2.55. The Balaban J connectivity index is 2.52. The van der Waals surface area contributed by atoms with Gasteiger partial charge in [-0.25, -0.2) is 0 Å². The molecule has 0 aliphatic heterocycles. The Labute approximate surface area is 60.3 Å². The van der Waals surface area contributed by atoms with Gasteiger partial charge in [0.25, 0.3) is 0 Å². The average Bonchev–Trinajstić information content (AvgIpc) is 2.19. The van der Waals surface area contributed by atoms with Crippen LogP contribution in [0.25, 0.3) is 0 Å². The molecule has 0 spiro atoms. The lowest BCUT2D eigenvalue weighted by Gasteiger charge is -1.93. The Bertz CT molecular complexity index is 140. The van der Waals surface area contributed by atoms with E-state index in [1.54, 1.807) is 0 Å². The lowest BCUT2D eigenvalue weighted by molar-refractivity contribution is 0.232. The number of halogens is 1. The van der Waals surface area contributed by atoms with Crippen LogP contribution < -0.4 is 0 Å². The van der Waals surface area contributed by atoms with Crippen LogP contribution in [0.5, 0.6) is 0 Å². The van der Waals surface area contributed by atoms with Gasteiger partial charge in [0.05, 0.1) is 6.10 Å². The van der Waals surface area contributed by atoms with Crippen LogP contribution >= 0.6 is 11.6 Å². The molecule has 0 amide bonds. The monoisotopic (exact) mass is 146 g/mol. The second-order valence-corrected chi connectivity index (χ2v) is 3.36. The Morgan fingerprint density at radius 3 is 2.11 bits per heavy atom. The van der Waals surface area contributed by atoms with Crippen LogP contribution in [0.15, 0.2) is 11.6 Å². The van der Waals surface area contributed by atoms with Crippen molar-refractivity contribution in [3.63, 3.8) is 0 Å². The standard InChI is InChI=1S/C7H11ClO/c1-7(2)5(3-4-8)6(7)9/h3-6,9H,1-2H3/t5?,6-/m0/s1. The van der Waals surface area contributed by atoms with Gasteiger partial charge in [-0.05, 0) is 0 Å². The fourth-order valence-corrected chi connectivity index (χ4v) is 1.24. The highest BCUT2D eigenvalue weighted by atomic mass is 35.5. The second-order valence-electron chi connectivity index (χ2n) is 3.11. The van der Waals surface area contributed by atoms with Crippen LogP contribution in [0.1, 0.15) is 13.8 Å². The van der Waals surface area contributed by atoms with Crippen molar-refractivity contribution in [1.29, 1.82) is 0 Å². The molecule has 1 aliphatic carbocycles. The van der Waals surface area contributed by atoms with Crippen LogP contribution in [0.3, 0.4) is 0 Å². The number of rotatable bonds is 1. The topological polar surface area (TPSA) is 20.2 Å². The molecule has 0 radical (unpaired) electrons. The largest absolute Gasteiger partial charge is 0.392 e. The molecule has 1 unspecified atom stereocenters. The van der Waals surface area contributed by atoms with Crippen molar-refractivity contribution in [2.24, 2.45) is 11.3 Å². The van der Waals surface area contributed by atoms with Gasteiger partial charge >= 0.3 is 0 Å². The van der Waals surface area contributed by atoms with Crippen LogP contribution in [-0.2, 0) is 0 Å². The molecule has 0 bridgehead atoms. The van der Waals surface area contributed by atoms with Gasteiger partial charge in [-0.3, -0.25) is 0 Å². The van der Waals surface area contributed by atoms with E-state index >= 15 is 0 Å². The Kier molecular flexibility index (Phi) is 1.57. The molecule has 0 saturated heterocycles. The first-order valence-electron chi connectivity index (χ1n) is 3.05. The zero-order valence-corrected chi connectivity index (χ0v) is 6.39. The maximum Gasteiger partial charge on any atom is 0.0666 e. The predicted octanol–water partition coefficient (Wildman–Crippen LogP) is 1.76. The smallest absolute Gasteiger partial charge is 0.0666 e. The molecule has 0 heterocycles. The third-order valence-electron chi connectivity index (χ3n) is 2.13. The summed E-state index contributed by atoms with van der Waals surface area (Å²) in [5.41, 5.74) is 1.54. The summed E-state index contributed by atoms with van der Waals surface area (Å²) in [4.78, 5) is 0. The summed E-state index contributed by atoms with van der Waals surface area (Å²) in [6, 6.07) is 0. The van der Waals surface area contributed by atoms with Crippen molar-refractivity contribution in [2.45, 2.75) is 20.0 Å². The Morgan fingerprint density at radius 2 is 2.00 bits per heavy atom. The lowest BCUT2D eigenvalue weighted by Crippen LogP contribution is -1.91. The lowest BCUT2D eigenvalue weighted by atomic mass is 10.1. The minimum Gasteiger partial charge on any atom is -0.392 e. The quantitative estimate of drug-likeness (QED) is 0.598. The summed E-state index contributed by atoms with van der Waals surface area (Å²) in [7, 11) is 0. The molecule has 0 aromatic carbocycles. The van der Waals surface area contributed by atoms with E-state index in [0.29, 0.717) is 0 Å². The van der Waals surface area contributed by atoms with Crippen molar-refractivity contribution in [2.75, 3.05) is 0 Å². The molecule has 52 valence electrons. The van der Waals surface area contributed by atoms with Gasteiger partial charge in [0.1, 0.15) is 0 Å². The van der Waals surface area contributed by atoms with Crippen LogP contribution in [-0.4, -0.2) is 11.2 Å². The minimum absolute atomic E-state index is 0.0609. The summed E-state index contributed by atoms with van der Waals surface area (Å²) < 4.78 is 0. The van der Waals surface area contributed by atoms with Gasteiger partial charge in [0.2, 0.25) is 0 Å². The molecule has 1 saturated carbocycles. The van der Waals surface area contributed by atoms with Gasteiger partial charge in [-0.15, -0.1) is 0 Å². The maximum atomic E-state index is 9.18. The highest BCUT2D eigenvalue weighted by molar-refractivity contribution is 6.25. The zero-order chi connectivity index (χ0) is 7.07. The van der Waals surface area contributed by atoms with Crippen LogP contribution in [0.4, 0.5) is 0 Å². The fraction of sp³-hybridized carbons (Fsp3) is 0.714. The van der Waals surface area contributed by atoms with Crippen LogP contribution in [0, 0.1) is 11.3 Å². The summed E-state index contributed by atoms with van der Waals surface area (Å²) in [6.07, 6.45) is 1.65. The summed E-state index contributed by atoms with van der Waals surface area (Å²) >= 11 is 5.34. The molecular formula is C7H11ClO. The number of hydrogen-bond donors (Lipinski definition) is 1.